The molecule has 9 heteroatoms. The zero-order valence-corrected chi connectivity index (χ0v) is 15.0. The van der Waals surface area contributed by atoms with Gasteiger partial charge in [0.15, 0.2) is 4.80 Å². The molecule has 130 valence electrons. The Hall–Kier alpha value is -2.36. The van der Waals surface area contributed by atoms with E-state index in [-0.39, 0.29) is 18.0 Å². The topological polar surface area (TPSA) is 86.7 Å². The molecule has 0 N–H and O–H groups in total. The van der Waals surface area contributed by atoms with E-state index in [1.165, 1.54) is 34.8 Å². The monoisotopic (exact) mass is 377 g/mol. The highest BCUT2D eigenvalue weighted by Gasteiger charge is 2.13. The predicted octanol–water partition coefficient (Wildman–Crippen LogP) is 2.99. The summed E-state index contributed by atoms with van der Waals surface area (Å²) in [4.78, 5) is 28.5. The van der Waals surface area contributed by atoms with Crippen LogP contribution in [0.1, 0.15) is 4.88 Å². The summed E-state index contributed by atoms with van der Waals surface area (Å²) in [6.45, 7) is 0.967. The fourth-order valence-electron chi connectivity index (χ4n) is 2.37. The van der Waals surface area contributed by atoms with Gasteiger partial charge in [-0.3, -0.25) is 14.9 Å². The number of non-ortho nitro benzene ring substituents is 1. The summed E-state index contributed by atoms with van der Waals surface area (Å²) in [6, 6.07) is 8.43. The molecular weight excluding hydrogens is 362 g/mol. The lowest BCUT2D eigenvalue weighted by atomic mass is 10.3. The zero-order valence-electron chi connectivity index (χ0n) is 13.4. The second-order valence-electron chi connectivity index (χ2n) is 5.20. The quantitative estimate of drug-likeness (QED) is 0.488. The number of fused-ring (bicyclic) bond motifs is 1. The minimum atomic E-state index is -0.433. The van der Waals surface area contributed by atoms with Gasteiger partial charge in [-0.05, 0) is 17.5 Å². The molecule has 1 aromatic carbocycles. The van der Waals surface area contributed by atoms with Crippen molar-refractivity contribution in [3.05, 3.63) is 55.5 Å². The van der Waals surface area contributed by atoms with Crippen LogP contribution in [0.25, 0.3) is 10.2 Å². The SMILES string of the molecule is COCCn1c(=NC(=O)Cc2cccs2)sc2cc([N+](=O)[O-])ccc21. The molecule has 0 aliphatic rings. The molecule has 0 bridgehead atoms. The Balaban J connectivity index is 2.03. The number of methoxy groups -OCH3 is 1. The van der Waals surface area contributed by atoms with Gasteiger partial charge in [-0.25, -0.2) is 0 Å². The van der Waals surface area contributed by atoms with Gasteiger partial charge < -0.3 is 9.30 Å². The van der Waals surface area contributed by atoms with Gasteiger partial charge in [-0.1, -0.05) is 17.4 Å². The van der Waals surface area contributed by atoms with Gasteiger partial charge in [0.1, 0.15) is 0 Å². The van der Waals surface area contributed by atoms with Crippen molar-refractivity contribution in [3.8, 4) is 0 Å². The van der Waals surface area contributed by atoms with Crippen LogP contribution in [0.4, 0.5) is 5.69 Å². The van der Waals surface area contributed by atoms with E-state index in [9.17, 15) is 14.9 Å². The number of nitrogens with zero attached hydrogens (tertiary/aromatic N) is 3. The van der Waals surface area contributed by atoms with Crippen LogP contribution in [0.5, 0.6) is 0 Å². The third-order valence-corrected chi connectivity index (χ3v) is 5.44. The number of rotatable bonds is 6. The van der Waals surface area contributed by atoms with Gasteiger partial charge in [0.2, 0.25) is 0 Å². The fourth-order valence-corrected chi connectivity index (χ4v) is 4.17. The molecule has 0 saturated heterocycles. The first-order valence-electron chi connectivity index (χ1n) is 7.45. The van der Waals surface area contributed by atoms with E-state index in [4.69, 9.17) is 4.74 Å². The summed E-state index contributed by atoms with van der Waals surface area (Å²) in [7, 11) is 1.60. The number of thiophene rings is 1. The Morgan fingerprint density at radius 2 is 2.24 bits per heavy atom. The van der Waals surface area contributed by atoms with Crippen molar-refractivity contribution in [3.63, 3.8) is 0 Å². The number of nitro benzene ring substituents is 1. The molecule has 0 atom stereocenters. The van der Waals surface area contributed by atoms with Crippen LogP contribution in [-0.2, 0) is 22.5 Å². The van der Waals surface area contributed by atoms with E-state index in [2.05, 4.69) is 4.99 Å². The van der Waals surface area contributed by atoms with Crippen molar-refractivity contribution in [2.75, 3.05) is 13.7 Å². The van der Waals surface area contributed by atoms with E-state index < -0.39 is 4.92 Å². The Bertz CT molecular complexity index is 973. The number of benzene rings is 1. The summed E-state index contributed by atoms with van der Waals surface area (Å²) in [5.74, 6) is -0.241. The van der Waals surface area contributed by atoms with Crippen molar-refractivity contribution in [1.29, 1.82) is 0 Å². The van der Waals surface area contributed by atoms with Crippen LogP contribution in [0.15, 0.2) is 40.7 Å². The molecule has 3 rings (SSSR count). The van der Waals surface area contributed by atoms with Crippen molar-refractivity contribution < 1.29 is 14.5 Å². The smallest absolute Gasteiger partial charge is 0.270 e. The van der Waals surface area contributed by atoms with E-state index in [0.717, 1.165) is 10.4 Å². The molecule has 1 amide bonds. The number of hydrogen-bond acceptors (Lipinski definition) is 6. The Morgan fingerprint density at radius 1 is 1.40 bits per heavy atom. The number of thiazole rings is 1. The first kappa shape index (κ1) is 17.5. The van der Waals surface area contributed by atoms with Crippen LogP contribution in [0, 0.1) is 10.1 Å². The lowest BCUT2D eigenvalue weighted by molar-refractivity contribution is -0.384. The molecule has 2 aromatic heterocycles. The number of ether oxygens (including phenoxy) is 1. The van der Waals surface area contributed by atoms with E-state index >= 15 is 0 Å². The summed E-state index contributed by atoms with van der Waals surface area (Å²) in [5, 5.41) is 12.9. The minimum Gasteiger partial charge on any atom is -0.383 e. The van der Waals surface area contributed by atoms with Crippen molar-refractivity contribution in [2.45, 2.75) is 13.0 Å². The van der Waals surface area contributed by atoms with Crippen LogP contribution in [0.3, 0.4) is 0 Å². The van der Waals surface area contributed by atoms with Gasteiger partial charge in [0, 0.05) is 30.7 Å². The van der Waals surface area contributed by atoms with E-state index in [0.29, 0.717) is 22.7 Å². The van der Waals surface area contributed by atoms with Crippen LogP contribution < -0.4 is 4.80 Å². The van der Waals surface area contributed by atoms with Crippen molar-refractivity contribution in [1.82, 2.24) is 4.57 Å². The van der Waals surface area contributed by atoms with Gasteiger partial charge in [-0.2, -0.15) is 4.99 Å². The Labute approximate surface area is 151 Å². The molecule has 0 saturated carbocycles. The first-order chi connectivity index (χ1) is 12.1. The van der Waals surface area contributed by atoms with Crippen molar-refractivity contribution in [2.24, 2.45) is 4.99 Å². The second kappa shape index (κ2) is 7.68. The number of nitro groups is 1. The summed E-state index contributed by atoms with van der Waals surface area (Å²) >= 11 is 2.78. The van der Waals surface area contributed by atoms with Crippen LogP contribution in [0.2, 0.25) is 0 Å². The van der Waals surface area contributed by atoms with E-state index in [1.807, 2.05) is 22.1 Å². The normalized spacial score (nSPS) is 12.0. The van der Waals surface area contributed by atoms with Crippen LogP contribution in [-0.4, -0.2) is 29.1 Å². The predicted molar refractivity (Wildman–Crippen MR) is 96.9 cm³/mol. The van der Waals surface area contributed by atoms with Crippen molar-refractivity contribution >= 4 is 44.5 Å². The van der Waals surface area contributed by atoms with Gasteiger partial charge >= 0.3 is 0 Å². The first-order valence-corrected chi connectivity index (χ1v) is 9.15. The third kappa shape index (κ3) is 4.01. The standard InChI is InChI=1S/C16H15N3O4S2/c1-23-7-6-18-13-5-4-11(19(21)22)9-14(13)25-16(18)17-15(20)10-12-3-2-8-24-12/h2-5,8-9H,6-7,10H2,1H3. The third-order valence-electron chi connectivity index (χ3n) is 3.52. The lowest BCUT2D eigenvalue weighted by Gasteiger charge is -2.04. The largest absolute Gasteiger partial charge is 0.383 e. The molecule has 25 heavy (non-hydrogen) atoms. The van der Waals surface area contributed by atoms with E-state index in [1.54, 1.807) is 13.2 Å². The molecule has 2 heterocycles. The molecule has 7 nitrogen and oxygen atoms in total. The van der Waals surface area contributed by atoms with Gasteiger partial charge in [0.05, 0.1) is 28.2 Å². The number of hydrogen-bond donors (Lipinski definition) is 0. The highest BCUT2D eigenvalue weighted by Crippen LogP contribution is 2.23. The average molecular weight is 377 g/mol. The molecular formula is C16H15N3O4S2. The van der Waals surface area contributed by atoms with Crippen LogP contribution >= 0.6 is 22.7 Å². The highest BCUT2D eigenvalue weighted by atomic mass is 32.1. The molecule has 0 aliphatic carbocycles. The number of carbonyl (C=O) groups is 1. The summed E-state index contributed by atoms with van der Waals surface area (Å²) in [5.41, 5.74) is 0.819. The minimum absolute atomic E-state index is 0.0177. The number of aromatic nitrogens is 1. The maximum Gasteiger partial charge on any atom is 0.270 e. The average Bonchev–Trinajstić information content (AvgIpc) is 3.19. The molecule has 0 unspecified atom stereocenters. The Morgan fingerprint density at radius 3 is 2.92 bits per heavy atom. The maximum absolute atomic E-state index is 12.3. The maximum atomic E-state index is 12.3. The van der Waals surface area contributed by atoms with Gasteiger partial charge in [0.25, 0.3) is 11.6 Å². The summed E-state index contributed by atoms with van der Waals surface area (Å²) < 4.78 is 7.70. The van der Waals surface area contributed by atoms with Gasteiger partial charge in [-0.15, -0.1) is 11.3 Å². The molecule has 0 spiro atoms. The fraction of sp³-hybridized carbons (Fsp3) is 0.250. The molecule has 0 radical (unpaired) electrons. The zero-order chi connectivity index (χ0) is 17.8. The lowest BCUT2D eigenvalue weighted by Crippen LogP contribution is -2.19. The highest BCUT2D eigenvalue weighted by molar-refractivity contribution is 7.16. The second-order valence-corrected chi connectivity index (χ2v) is 7.24. The molecule has 0 aliphatic heterocycles. The number of carbonyl (C=O) groups excluding carboxylic acids is 1. The Kier molecular flexibility index (Phi) is 5.37. The molecule has 3 aromatic rings. The number of amides is 1. The summed E-state index contributed by atoms with van der Waals surface area (Å²) in [6.07, 6.45) is 0.246. The molecule has 0 fully saturated rings.